The Hall–Kier alpha value is -1.76. The van der Waals surface area contributed by atoms with E-state index in [0.29, 0.717) is 17.1 Å². The molecule has 0 aliphatic carbocycles. The molecule has 0 saturated carbocycles. The van der Waals surface area contributed by atoms with E-state index in [-0.39, 0.29) is 5.91 Å². The summed E-state index contributed by atoms with van der Waals surface area (Å²) < 4.78 is 3.73. The van der Waals surface area contributed by atoms with E-state index in [9.17, 15) is 4.79 Å². The second-order valence-electron chi connectivity index (χ2n) is 3.58. The van der Waals surface area contributed by atoms with Crippen LogP contribution in [0.15, 0.2) is 12.4 Å². The minimum Gasteiger partial charge on any atom is -0.351 e. The highest BCUT2D eigenvalue weighted by atomic mass is 32.1. The molecule has 6 nitrogen and oxygen atoms in total. The highest BCUT2D eigenvalue weighted by Crippen LogP contribution is 2.08. The Balaban J connectivity index is 1.72. The summed E-state index contributed by atoms with van der Waals surface area (Å²) in [5, 5.41) is 6.64. The summed E-state index contributed by atoms with van der Waals surface area (Å²) in [6.07, 6.45) is 5.19. The number of aromatic nitrogens is 4. The smallest absolute Gasteiger partial charge is 0.264 e. The van der Waals surface area contributed by atoms with E-state index in [4.69, 9.17) is 0 Å². The van der Waals surface area contributed by atoms with Crippen LogP contribution in [0.3, 0.4) is 0 Å². The van der Waals surface area contributed by atoms with Gasteiger partial charge in [0.05, 0.1) is 5.69 Å². The Kier molecular flexibility index (Phi) is 3.81. The molecule has 2 heterocycles. The van der Waals surface area contributed by atoms with Crippen LogP contribution in [-0.4, -0.2) is 32.0 Å². The fourth-order valence-corrected chi connectivity index (χ4v) is 1.99. The van der Waals surface area contributed by atoms with Gasteiger partial charge in [-0.25, -0.2) is 4.98 Å². The predicted molar refractivity (Wildman–Crippen MR) is 63.9 cm³/mol. The van der Waals surface area contributed by atoms with Crippen LogP contribution >= 0.6 is 11.5 Å². The van der Waals surface area contributed by atoms with Gasteiger partial charge in [0, 0.05) is 25.4 Å². The number of carbonyl (C=O) groups excluding carboxylic acids is 1. The van der Waals surface area contributed by atoms with Gasteiger partial charge in [0.1, 0.15) is 10.7 Å². The lowest BCUT2D eigenvalue weighted by molar-refractivity contribution is 0.0956. The molecule has 0 aromatic carbocycles. The van der Waals surface area contributed by atoms with Gasteiger partial charge >= 0.3 is 0 Å². The van der Waals surface area contributed by atoms with Gasteiger partial charge in [-0.3, -0.25) is 4.79 Å². The summed E-state index contributed by atoms with van der Waals surface area (Å²) in [6.45, 7) is 2.40. The van der Waals surface area contributed by atoms with Gasteiger partial charge in [-0.15, -0.1) is 5.10 Å². The van der Waals surface area contributed by atoms with Crippen LogP contribution in [0.1, 0.15) is 27.6 Å². The van der Waals surface area contributed by atoms with E-state index in [0.717, 1.165) is 30.2 Å². The van der Waals surface area contributed by atoms with Crippen molar-refractivity contribution in [3.05, 3.63) is 28.8 Å². The first-order chi connectivity index (χ1) is 8.27. The standard InChI is InChI=1S/C10H13N5OS/c1-7-9(17-15-14-7)10(16)13-4-2-3-8-11-5-6-12-8/h5-6H,2-4H2,1H3,(H,11,12)(H,13,16). The van der Waals surface area contributed by atoms with Crippen LogP contribution < -0.4 is 5.32 Å². The minimum absolute atomic E-state index is 0.100. The predicted octanol–water partition coefficient (Wildman–Crippen LogP) is 0.932. The van der Waals surface area contributed by atoms with Crippen LogP contribution in [0, 0.1) is 6.92 Å². The van der Waals surface area contributed by atoms with Crippen molar-refractivity contribution in [1.29, 1.82) is 0 Å². The summed E-state index contributed by atoms with van der Waals surface area (Å²) in [4.78, 5) is 19.4. The van der Waals surface area contributed by atoms with Crippen molar-refractivity contribution in [1.82, 2.24) is 24.9 Å². The van der Waals surface area contributed by atoms with Crippen LogP contribution in [0.2, 0.25) is 0 Å². The maximum absolute atomic E-state index is 11.7. The number of aryl methyl sites for hydroxylation is 2. The molecular weight excluding hydrogens is 238 g/mol. The van der Waals surface area contributed by atoms with Crippen molar-refractivity contribution in [2.24, 2.45) is 0 Å². The number of nitrogens with zero attached hydrogens (tertiary/aromatic N) is 3. The first-order valence-corrected chi connectivity index (χ1v) is 6.10. The van der Waals surface area contributed by atoms with Crippen LogP contribution in [-0.2, 0) is 6.42 Å². The zero-order chi connectivity index (χ0) is 12.1. The second kappa shape index (κ2) is 5.53. The Bertz CT molecular complexity index is 479. The van der Waals surface area contributed by atoms with Gasteiger partial charge in [0.2, 0.25) is 0 Å². The third-order valence-electron chi connectivity index (χ3n) is 2.29. The molecule has 7 heteroatoms. The molecule has 17 heavy (non-hydrogen) atoms. The number of H-pyrrole nitrogens is 1. The van der Waals surface area contributed by atoms with E-state index in [1.165, 1.54) is 0 Å². The highest BCUT2D eigenvalue weighted by molar-refractivity contribution is 7.07. The molecule has 2 aromatic heterocycles. The molecule has 0 aliphatic heterocycles. The summed E-state index contributed by atoms with van der Waals surface area (Å²) in [5.41, 5.74) is 0.679. The lowest BCUT2D eigenvalue weighted by Crippen LogP contribution is -2.24. The molecule has 1 amide bonds. The van der Waals surface area contributed by atoms with E-state index in [1.807, 2.05) is 0 Å². The Morgan fingerprint density at radius 1 is 1.59 bits per heavy atom. The van der Waals surface area contributed by atoms with Crippen molar-refractivity contribution in [3.63, 3.8) is 0 Å². The van der Waals surface area contributed by atoms with Crippen molar-refractivity contribution >= 4 is 17.4 Å². The maximum Gasteiger partial charge on any atom is 0.264 e. The number of amides is 1. The first-order valence-electron chi connectivity index (χ1n) is 5.33. The van der Waals surface area contributed by atoms with E-state index >= 15 is 0 Å². The largest absolute Gasteiger partial charge is 0.351 e. The number of rotatable bonds is 5. The number of hydrogen-bond donors (Lipinski definition) is 2. The quantitative estimate of drug-likeness (QED) is 0.774. The Labute approximate surface area is 103 Å². The van der Waals surface area contributed by atoms with Crippen molar-refractivity contribution in [3.8, 4) is 0 Å². The molecule has 0 saturated heterocycles. The minimum atomic E-state index is -0.100. The fourth-order valence-electron chi connectivity index (χ4n) is 1.41. The van der Waals surface area contributed by atoms with E-state index in [2.05, 4.69) is 24.9 Å². The van der Waals surface area contributed by atoms with Crippen molar-refractivity contribution in [2.75, 3.05) is 6.54 Å². The Morgan fingerprint density at radius 3 is 3.12 bits per heavy atom. The third kappa shape index (κ3) is 3.10. The molecule has 0 unspecified atom stereocenters. The average Bonchev–Trinajstić information content (AvgIpc) is 2.95. The Morgan fingerprint density at radius 2 is 2.47 bits per heavy atom. The van der Waals surface area contributed by atoms with E-state index < -0.39 is 0 Å². The molecule has 0 aliphatic rings. The summed E-state index contributed by atoms with van der Waals surface area (Å²) in [5.74, 6) is 0.840. The SMILES string of the molecule is Cc1nnsc1C(=O)NCCCc1ncc[nH]1. The van der Waals surface area contributed by atoms with Gasteiger partial charge in [-0.05, 0) is 24.9 Å². The maximum atomic E-state index is 11.7. The fraction of sp³-hybridized carbons (Fsp3) is 0.400. The van der Waals surface area contributed by atoms with Crippen molar-refractivity contribution < 1.29 is 4.79 Å². The summed E-state index contributed by atoms with van der Waals surface area (Å²) in [6, 6.07) is 0. The third-order valence-corrected chi connectivity index (χ3v) is 3.12. The number of carbonyl (C=O) groups is 1. The molecule has 2 aromatic rings. The number of nitrogens with one attached hydrogen (secondary N) is 2. The summed E-state index contributed by atoms with van der Waals surface area (Å²) >= 11 is 1.12. The zero-order valence-corrected chi connectivity index (χ0v) is 10.3. The molecule has 90 valence electrons. The van der Waals surface area contributed by atoms with Gasteiger partial charge in [0.15, 0.2) is 0 Å². The molecule has 2 N–H and O–H groups in total. The molecule has 0 radical (unpaired) electrons. The topological polar surface area (TPSA) is 83.6 Å². The van der Waals surface area contributed by atoms with Gasteiger partial charge < -0.3 is 10.3 Å². The molecular formula is C10H13N5OS. The lowest BCUT2D eigenvalue weighted by Gasteiger charge is -2.02. The van der Waals surface area contributed by atoms with Gasteiger partial charge in [0.25, 0.3) is 5.91 Å². The summed E-state index contributed by atoms with van der Waals surface area (Å²) in [7, 11) is 0. The number of hydrogen-bond acceptors (Lipinski definition) is 5. The molecule has 0 bridgehead atoms. The highest BCUT2D eigenvalue weighted by Gasteiger charge is 2.11. The molecule has 0 spiro atoms. The monoisotopic (exact) mass is 251 g/mol. The number of aromatic amines is 1. The van der Waals surface area contributed by atoms with Crippen LogP contribution in [0.25, 0.3) is 0 Å². The van der Waals surface area contributed by atoms with Crippen LogP contribution in [0.4, 0.5) is 0 Å². The molecule has 0 fully saturated rings. The zero-order valence-electron chi connectivity index (χ0n) is 9.43. The van der Waals surface area contributed by atoms with E-state index in [1.54, 1.807) is 19.3 Å². The van der Waals surface area contributed by atoms with Gasteiger partial charge in [-0.1, -0.05) is 4.49 Å². The molecule has 2 rings (SSSR count). The lowest BCUT2D eigenvalue weighted by atomic mass is 10.3. The second-order valence-corrected chi connectivity index (χ2v) is 4.34. The average molecular weight is 251 g/mol. The van der Waals surface area contributed by atoms with Crippen molar-refractivity contribution in [2.45, 2.75) is 19.8 Å². The first kappa shape index (κ1) is 11.7. The van der Waals surface area contributed by atoms with Gasteiger partial charge in [-0.2, -0.15) is 0 Å². The molecule has 0 atom stereocenters. The normalized spacial score (nSPS) is 10.4. The number of imidazole rings is 1. The van der Waals surface area contributed by atoms with Crippen LogP contribution in [0.5, 0.6) is 0 Å².